The number of carbonyl (C=O) groups excluding carboxylic acids is 2. The van der Waals surface area contributed by atoms with E-state index < -0.39 is 54.5 Å². The van der Waals surface area contributed by atoms with Crippen molar-refractivity contribution in [1.29, 1.82) is 0 Å². The van der Waals surface area contributed by atoms with E-state index in [0.29, 0.717) is 6.42 Å². The first kappa shape index (κ1) is 28.1. The van der Waals surface area contributed by atoms with Gasteiger partial charge < -0.3 is 35.2 Å². The van der Waals surface area contributed by atoms with Gasteiger partial charge in [-0.05, 0) is 44.9 Å². The van der Waals surface area contributed by atoms with Crippen LogP contribution < -0.4 is 5.32 Å². The smallest absolute Gasteiger partial charge is 0.217 e. The Morgan fingerprint density at radius 3 is 2.06 bits per heavy atom. The minimum absolute atomic E-state index is 0.102. The number of hydrogen-bond donors (Lipinski definition) is 5. The molecule has 5 N–H and O–H groups in total. The van der Waals surface area contributed by atoms with Gasteiger partial charge in [-0.15, -0.1) is 0 Å². The van der Waals surface area contributed by atoms with Gasteiger partial charge in [-0.2, -0.15) is 0 Å². The van der Waals surface area contributed by atoms with Crippen molar-refractivity contribution < 1.29 is 39.5 Å². The van der Waals surface area contributed by atoms with Crippen LogP contribution in [0.4, 0.5) is 0 Å². The van der Waals surface area contributed by atoms with Crippen LogP contribution >= 0.6 is 0 Å². The van der Waals surface area contributed by atoms with Gasteiger partial charge in [0.15, 0.2) is 0 Å². The van der Waals surface area contributed by atoms with Gasteiger partial charge in [0.05, 0.1) is 30.5 Å². The van der Waals surface area contributed by atoms with E-state index in [0.717, 1.165) is 0 Å². The number of amides is 1. The summed E-state index contributed by atoms with van der Waals surface area (Å²) in [5, 5.41) is 45.5. The highest BCUT2D eigenvalue weighted by Crippen LogP contribution is 2.43. The molecule has 2 aliphatic carbocycles. The molecule has 192 valence electrons. The molecule has 0 radical (unpaired) electrons. The molecule has 0 heterocycles. The van der Waals surface area contributed by atoms with E-state index >= 15 is 0 Å². The molecule has 9 heteroatoms. The van der Waals surface area contributed by atoms with Crippen molar-refractivity contribution in [3.63, 3.8) is 0 Å². The molecule has 4 unspecified atom stereocenters. The lowest BCUT2D eigenvalue weighted by atomic mass is 9.64. The Bertz CT molecular complexity index is 678. The predicted octanol–water partition coefficient (Wildman–Crippen LogP) is 0.405. The first-order valence-electron chi connectivity index (χ1n) is 11.9. The highest BCUT2D eigenvalue weighted by atomic mass is 16.5. The van der Waals surface area contributed by atoms with Gasteiger partial charge in [-0.3, -0.25) is 9.59 Å². The summed E-state index contributed by atoms with van der Waals surface area (Å²) in [6.07, 6.45) is -6.24. The highest BCUT2D eigenvalue weighted by Gasteiger charge is 2.52. The molecule has 10 atom stereocenters. The fourth-order valence-corrected chi connectivity index (χ4v) is 5.38. The Balaban J connectivity index is 2.38. The maximum Gasteiger partial charge on any atom is 0.217 e. The van der Waals surface area contributed by atoms with Crippen molar-refractivity contribution in [3.05, 3.63) is 0 Å². The number of aliphatic hydroxyl groups is 4. The third-order valence-electron chi connectivity index (χ3n) is 7.11. The molecule has 0 aliphatic heterocycles. The number of hydrogen-bond acceptors (Lipinski definition) is 8. The SMILES string of the molecule is CC(=O)NC1[C@@H](O[C@@H]2CC(C(C)=O)[C@@H](OC(C)C)[C@H](O)C2O)[C@H](O)C(CO)C[C@H]1C(C)(C)C. The summed E-state index contributed by atoms with van der Waals surface area (Å²) >= 11 is 0. The number of ether oxygens (including phenoxy) is 2. The van der Waals surface area contributed by atoms with E-state index in [4.69, 9.17) is 9.47 Å². The summed E-state index contributed by atoms with van der Waals surface area (Å²) in [5.74, 6) is -1.77. The monoisotopic (exact) mass is 473 g/mol. The van der Waals surface area contributed by atoms with E-state index in [1.165, 1.54) is 13.8 Å². The largest absolute Gasteiger partial charge is 0.396 e. The summed E-state index contributed by atoms with van der Waals surface area (Å²) < 4.78 is 12.0. The van der Waals surface area contributed by atoms with Crippen LogP contribution in [0.5, 0.6) is 0 Å². The molecule has 2 fully saturated rings. The van der Waals surface area contributed by atoms with Gasteiger partial charge in [-0.25, -0.2) is 0 Å². The second-order valence-electron chi connectivity index (χ2n) is 11.1. The van der Waals surface area contributed by atoms with Crippen molar-refractivity contribution in [2.75, 3.05) is 6.61 Å². The third-order valence-corrected chi connectivity index (χ3v) is 7.11. The highest BCUT2D eigenvalue weighted by molar-refractivity contribution is 5.79. The molecule has 0 aromatic carbocycles. The Kier molecular flexibility index (Phi) is 9.46. The average Bonchev–Trinajstić information content (AvgIpc) is 2.68. The minimum Gasteiger partial charge on any atom is -0.396 e. The van der Waals surface area contributed by atoms with Crippen LogP contribution in [0.2, 0.25) is 0 Å². The molecule has 0 saturated heterocycles. The van der Waals surface area contributed by atoms with Crippen LogP contribution in [0, 0.1) is 23.2 Å². The number of ketones is 1. The lowest BCUT2D eigenvalue weighted by molar-refractivity contribution is -0.229. The van der Waals surface area contributed by atoms with Gasteiger partial charge in [0.1, 0.15) is 24.1 Å². The standard InChI is InChI=1S/C24H43NO8/c1-11(2)32-22-15(12(3)27)9-17(20(30)21(22)31)33-23-18(25-13(4)28)16(24(5,6)7)8-14(10-26)19(23)29/h11,14-23,26,29-31H,8-10H2,1-7H3,(H,25,28)/t14?,15?,16-,17-,18?,19-,20?,21-,22-,23-/m1/s1. The molecule has 9 nitrogen and oxygen atoms in total. The van der Waals surface area contributed by atoms with Crippen LogP contribution in [0.3, 0.4) is 0 Å². The summed E-state index contributed by atoms with van der Waals surface area (Å²) in [6.45, 7) is 12.2. The van der Waals surface area contributed by atoms with E-state index in [2.05, 4.69) is 5.32 Å². The Morgan fingerprint density at radius 2 is 1.61 bits per heavy atom. The molecule has 2 saturated carbocycles. The summed E-state index contributed by atoms with van der Waals surface area (Å²) in [4.78, 5) is 24.4. The Hall–Kier alpha value is -1.10. The zero-order valence-electron chi connectivity index (χ0n) is 20.9. The number of rotatable bonds is 7. The Labute approximate surface area is 196 Å². The van der Waals surface area contributed by atoms with Crippen molar-refractivity contribution in [2.45, 2.75) is 110 Å². The van der Waals surface area contributed by atoms with E-state index in [1.807, 2.05) is 20.8 Å². The summed E-state index contributed by atoms with van der Waals surface area (Å²) in [7, 11) is 0. The lowest BCUT2D eigenvalue weighted by Gasteiger charge is -2.51. The molecule has 33 heavy (non-hydrogen) atoms. The molecule has 2 rings (SSSR count). The molecular formula is C24H43NO8. The number of carbonyl (C=O) groups is 2. The quantitative estimate of drug-likeness (QED) is 0.357. The van der Waals surface area contributed by atoms with Crippen LogP contribution in [0.15, 0.2) is 0 Å². The van der Waals surface area contributed by atoms with Crippen LogP contribution in [0.25, 0.3) is 0 Å². The van der Waals surface area contributed by atoms with E-state index in [-0.39, 0.29) is 42.2 Å². The fraction of sp³-hybridized carbons (Fsp3) is 0.917. The minimum atomic E-state index is -1.35. The summed E-state index contributed by atoms with van der Waals surface area (Å²) in [5.41, 5.74) is -0.273. The Morgan fingerprint density at radius 1 is 1.00 bits per heavy atom. The van der Waals surface area contributed by atoms with Crippen molar-refractivity contribution in [1.82, 2.24) is 5.32 Å². The van der Waals surface area contributed by atoms with Gasteiger partial charge in [0.25, 0.3) is 0 Å². The number of Topliss-reactive ketones (excluding diaryl/α,β-unsaturated/α-hetero) is 1. The number of aliphatic hydroxyl groups excluding tert-OH is 4. The normalized spacial score (nSPS) is 40.0. The molecule has 0 aromatic heterocycles. The van der Waals surface area contributed by atoms with Crippen LogP contribution in [-0.4, -0.2) is 87.5 Å². The second-order valence-corrected chi connectivity index (χ2v) is 11.1. The van der Waals surface area contributed by atoms with Gasteiger partial charge >= 0.3 is 0 Å². The zero-order chi connectivity index (χ0) is 25.2. The summed E-state index contributed by atoms with van der Waals surface area (Å²) in [6, 6.07) is -0.579. The topological polar surface area (TPSA) is 146 Å². The lowest BCUT2D eigenvalue weighted by Crippen LogP contribution is -2.65. The van der Waals surface area contributed by atoms with Crippen molar-refractivity contribution in [3.8, 4) is 0 Å². The first-order chi connectivity index (χ1) is 15.2. The van der Waals surface area contributed by atoms with E-state index in [1.54, 1.807) is 13.8 Å². The fourth-order valence-electron chi connectivity index (χ4n) is 5.38. The first-order valence-corrected chi connectivity index (χ1v) is 11.9. The molecule has 0 aromatic rings. The zero-order valence-corrected chi connectivity index (χ0v) is 20.9. The second kappa shape index (κ2) is 11.1. The maximum atomic E-state index is 12.4. The van der Waals surface area contributed by atoms with Crippen molar-refractivity contribution in [2.24, 2.45) is 23.2 Å². The molecular weight excluding hydrogens is 430 g/mol. The third kappa shape index (κ3) is 6.52. The predicted molar refractivity (Wildman–Crippen MR) is 121 cm³/mol. The number of nitrogens with one attached hydrogen (secondary N) is 1. The van der Waals surface area contributed by atoms with Crippen molar-refractivity contribution >= 4 is 11.7 Å². The van der Waals surface area contributed by atoms with E-state index in [9.17, 15) is 30.0 Å². The molecule has 0 spiro atoms. The van der Waals surface area contributed by atoms with Gasteiger partial charge in [0, 0.05) is 25.4 Å². The molecule has 1 amide bonds. The molecule has 2 aliphatic rings. The van der Waals surface area contributed by atoms with Crippen LogP contribution in [-0.2, 0) is 19.1 Å². The maximum absolute atomic E-state index is 12.4. The molecule has 0 bridgehead atoms. The van der Waals surface area contributed by atoms with Crippen LogP contribution in [0.1, 0.15) is 61.3 Å². The van der Waals surface area contributed by atoms with Gasteiger partial charge in [0.2, 0.25) is 5.91 Å². The average molecular weight is 474 g/mol. The van der Waals surface area contributed by atoms with Gasteiger partial charge in [-0.1, -0.05) is 20.8 Å².